The topological polar surface area (TPSA) is 80.0 Å². The molecule has 6 heteroatoms. The Morgan fingerprint density at radius 3 is 2.91 bits per heavy atom. The average molecular weight is 456 g/mol. The van der Waals surface area contributed by atoms with Crippen molar-refractivity contribution in [3.63, 3.8) is 0 Å². The van der Waals surface area contributed by atoms with Crippen LogP contribution in [0.3, 0.4) is 0 Å². The van der Waals surface area contributed by atoms with Crippen molar-refractivity contribution in [2.75, 3.05) is 19.7 Å². The Balaban J connectivity index is 1.39. The van der Waals surface area contributed by atoms with Crippen LogP contribution in [-0.2, 0) is 11.2 Å². The summed E-state index contributed by atoms with van der Waals surface area (Å²) in [5, 5.41) is 11.7. The summed E-state index contributed by atoms with van der Waals surface area (Å²) in [6.45, 7) is 5.26. The lowest BCUT2D eigenvalue weighted by atomic mass is 9.71. The van der Waals surface area contributed by atoms with E-state index in [1.54, 1.807) is 6.07 Å². The van der Waals surface area contributed by atoms with E-state index >= 15 is 0 Å². The number of unbranched alkanes of at least 4 members (excludes halogenated alkanes) is 3. The molecule has 2 aromatic rings. The van der Waals surface area contributed by atoms with Crippen molar-refractivity contribution >= 4 is 16.9 Å². The fraction of sp³-hybridized carbons (Fsp3) is 0.630. The minimum absolute atomic E-state index is 0.0601. The first-order valence-corrected chi connectivity index (χ1v) is 12.6. The Morgan fingerprint density at radius 1 is 1.24 bits per heavy atom. The van der Waals surface area contributed by atoms with E-state index in [1.165, 1.54) is 6.42 Å². The second-order valence-corrected chi connectivity index (χ2v) is 9.89. The van der Waals surface area contributed by atoms with Crippen LogP contribution in [0.4, 0.5) is 0 Å². The molecule has 33 heavy (non-hydrogen) atoms. The molecule has 0 radical (unpaired) electrons. The minimum atomic E-state index is -0.599. The Labute approximate surface area is 195 Å². The van der Waals surface area contributed by atoms with E-state index in [1.807, 2.05) is 24.0 Å². The zero-order valence-electron chi connectivity index (χ0n) is 20.0. The molecule has 1 aliphatic carbocycles. The number of benzene rings is 1. The van der Waals surface area contributed by atoms with Crippen molar-refractivity contribution in [3.05, 3.63) is 39.7 Å². The standard InChI is InChI=1S/C27H37NO5/c1-3-4-5-6-10-23-19(2)22-12-11-21(16-24(22)33-26(23)30)32-18-25(29)28-15-14-27(31)13-8-7-9-20(27)17-28/h11-12,16,20,31H,3-10,13-15,17-18H2,1-2H3/t20-,27+/m0/s1. The van der Waals surface area contributed by atoms with Gasteiger partial charge in [0.1, 0.15) is 11.3 Å². The fourth-order valence-electron chi connectivity index (χ4n) is 5.52. The molecular formula is C27H37NO5. The first-order chi connectivity index (χ1) is 15.9. The molecule has 2 atom stereocenters. The van der Waals surface area contributed by atoms with E-state index in [-0.39, 0.29) is 24.1 Å². The highest BCUT2D eigenvalue weighted by molar-refractivity contribution is 5.82. The number of hydrogen-bond acceptors (Lipinski definition) is 5. The number of aliphatic hydroxyl groups is 1. The van der Waals surface area contributed by atoms with Gasteiger partial charge >= 0.3 is 5.63 Å². The molecule has 0 spiro atoms. The van der Waals surface area contributed by atoms with Crippen LogP contribution in [0.5, 0.6) is 5.75 Å². The Hall–Kier alpha value is -2.34. The summed E-state index contributed by atoms with van der Waals surface area (Å²) in [5.41, 5.74) is 1.34. The number of hydrogen-bond donors (Lipinski definition) is 1. The highest BCUT2D eigenvalue weighted by Gasteiger charge is 2.43. The molecule has 4 rings (SSSR count). The predicted octanol–water partition coefficient (Wildman–Crippen LogP) is 4.76. The van der Waals surface area contributed by atoms with Gasteiger partial charge in [0.05, 0.1) is 5.60 Å². The Kier molecular flexibility index (Phi) is 7.42. The molecule has 2 heterocycles. The van der Waals surface area contributed by atoms with Gasteiger partial charge in [-0.05, 0) is 56.7 Å². The number of likely N-dealkylation sites (tertiary alicyclic amines) is 1. The number of amides is 1. The van der Waals surface area contributed by atoms with Gasteiger partial charge in [0.2, 0.25) is 0 Å². The van der Waals surface area contributed by atoms with Crippen LogP contribution < -0.4 is 10.4 Å². The molecule has 180 valence electrons. The number of rotatable bonds is 8. The van der Waals surface area contributed by atoms with Crippen LogP contribution in [0.15, 0.2) is 27.4 Å². The quantitative estimate of drug-likeness (QED) is 0.459. The second kappa shape index (κ2) is 10.3. The van der Waals surface area contributed by atoms with Gasteiger partial charge in [-0.2, -0.15) is 0 Å². The zero-order chi connectivity index (χ0) is 23.4. The van der Waals surface area contributed by atoms with Crippen molar-refractivity contribution in [1.29, 1.82) is 0 Å². The summed E-state index contributed by atoms with van der Waals surface area (Å²) in [6, 6.07) is 5.44. The van der Waals surface area contributed by atoms with Gasteiger partial charge < -0.3 is 19.2 Å². The van der Waals surface area contributed by atoms with Gasteiger partial charge in [-0.15, -0.1) is 0 Å². The fourth-order valence-corrected chi connectivity index (χ4v) is 5.52. The third kappa shape index (κ3) is 5.26. The van der Waals surface area contributed by atoms with Crippen LogP contribution in [0.2, 0.25) is 0 Å². The van der Waals surface area contributed by atoms with E-state index in [9.17, 15) is 14.7 Å². The number of nitrogens with zero attached hydrogens (tertiary/aromatic N) is 1. The van der Waals surface area contributed by atoms with Gasteiger partial charge in [-0.25, -0.2) is 4.79 Å². The van der Waals surface area contributed by atoms with Gasteiger partial charge in [-0.1, -0.05) is 39.0 Å². The summed E-state index contributed by atoms with van der Waals surface area (Å²) in [5.74, 6) is 0.612. The van der Waals surface area contributed by atoms with E-state index in [4.69, 9.17) is 9.15 Å². The lowest BCUT2D eigenvalue weighted by Gasteiger charge is -2.47. The highest BCUT2D eigenvalue weighted by atomic mass is 16.5. The number of ether oxygens (including phenoxy) is 1. The van der Waals surface area contributed by atoms with Gasteiger partial charge in [0.25, 0.3) is 5.91 Å². The molecule has 1 saturated heterocycles. The number of piperidine rings is 1. The maximum absolute atomic E-state index is 12.8. The summed E-state index contributed by atoms with van der Waals surface area (Å²) in [6.07, 6.45) is 9.84. The molecule has 1 saturated carbocycles. The van der Waals surface area contributed by atoms with E-state index < -0.39 is 5.60 Å². The minimum Gasteiger partial charge on any atom is -0.484 e. The van der Waals surface area contributed by atoms with E-state index in [0.717, 1.165) is 67.9 Å². The third-order valence-electron chi connectivity index (χ3n) is 7.68. The summed E-state index contributed by atoms with van der Waals surface area (Å²) in [7, 11) is 0. The lowest BCUT2D eigenvalue weighted by molar-refractivity contribution is -0.145. The van der Waals surface area contributed by atoms with Crippen molar-refractivity contribution in [1.82, 2.24) is 4.90 Å². The summed E-state index contributed by atoms with van der Waals surface area (Å²) in [4.78, 5) is 27.1. The maximum atomic E-state index is 12.8. The van der Waals surface area contributed by atoms with Gasteiger partial charge in [0.15, 0.2) is 6.61 Å². The molecule has 1 aromatic heterocycles. The molecule has 1 amide bonds. The number of carbonyl (C=O) groups excluding carboxylic acids is 1. The maximum Gasteiger partial charge on any atom is 0.339 e. The van der Waals surface area contributed by atoms with Crippen LogP contribution >= 0.6 is 0 Å². The van der Waals surface area contributed by atoms with Crippen molar-refractivity contribution < 1.29 is 19.1 Å². The first-order valence-electron chi connectivity index (χ1n) is 12.6. The summed E-state index contributed by atoms with van der Waals surface area (Å²) >= 11 is 0. The normalized spacial score (nSPS) is 22.9. The van der Waals surface area contributed by atoms with Crippen LogP contribution in [0, 0.1) is 12.8 Å². The second-order valence-electron chi connectivity index (χ2n) is 9.89. The zero-order valence-corrected chi connectivity index (χ0v) is 20.0. The van der Waals surface area contributed by atoms with E-state index in [2.05, 4.69) is 6.92 Å². The highest BCUT2D eigenvalue weighted by Crippen LogP contribution is 2.39. The lowest BCUT2D eigenvalue weighted by Crippen LogP contribution is -2.55. The summed E-state index contributed by atoms with van der Waals surface area (Å²) < 4.78 is 11.4. The Morgan fingerprint density at radius 2 is 2.09 bits per heavy atom. The largest absolute Gasteiger partial charge is 0.484 e. The van der Waals surface area contributed by atoms with Gasteiger partial charge in [-0.3, -0.25) is 4.79 Å². The van der Waals surface area contributed by atoms with Crippen LogP contribution in [0.1, 0.15) is 75.8 Å². The van der Waals surface area contributed by atoms with Crippen molar-refractivity contribution in [3.8, 4) is 5.75 Å². The smallest absolute Gasteiger partial charge is 0.339 e. The third-order valence-corrected chi connectivity index (χ3v) is 7.68. The molecule has 1 aromatic carbocycles. The average Bonchev–Trinajstić information content (AvgIpc) is 2.81. The molecule has 2 fully saturated rings. The monoisotopic (exact) mass is 455 g/mol. The molecule has 1 N–H and O–H groups in total. The molecule has 6 nitrogen and oxygen atoms in total. The molecule has 2 aliphatic rings. The number of fused-ring (bicyclic) bond motifs is 2. The van der Waals surface area contributed by atoms with Gasteiger partial charge in [0, 0.05) is 36.0 Å². The number of aryl methyl sites for hydroxylation is 1. The SMILES string of the molecule is CCCCCCc1c(C)c2ccc(OCC(=O)N3CC[C@]4(O)CCCC[C@H]4C3)cc2oc1=O. The molecule has 0 unspecified atom stereocenters. The molecule has 1 aliphatic heterocycles. The van der Waals surface area contributed by atoms with E-state index in [0.29, 0.717) is 30.8 Å². The van der Waals surface area contributed by atoms with Crippen LogP contribution in [-0.4, -0.2) is 41.2 Å². The predicted molar refractivity (Wildman–Crippen MR) is 129 cm³/mol. The molecular weight excluding hydrogens is 418 g/mol. The van der Waals surface area contributed by atoms with Crippen molar-refractivity contribution in [2.24, 2.45) is 5.92 Å². The van der Waals surface area contributed by atoms with Crippen molar-refractivity contribution in [2.45, 2.75) is 83.7 Å². The first kappa shape index (κ1) is 23.8. The number of carbonyl (C=O) groups is 1. The Bertz CT molecular complexity index is 1040. The van der Waals surface area contributed by atoms with Crippen LogP contribution in [0.25, 0.3) is 11.0 Å². The molecule has 0 bridgehead atoms.